The van der Waals surface area contributed by atoms with Crippen LogP contribution in [0.5, 0.6) is 0 Å². The molecule has 1 saturated heterocycles. The summed E-state index contributed by atoms with van der Waals surface area (Å²) in [6, 6.07) is -0.273. The summed E-state index contributed by atoms with van der Waals surface area (Å²) in [6.07, 6.45) is 0.736. The number of carbonyl (C=O) groups is 2. The SMILES string of the molecule is COC(=O)[C@@H]1CN([B]C=O)CCN1C. The Morgan fingerprint density at radius 1 is 1.57 bits per heavy atom. The van der Waals surface area contributed by atoms with Crippen LogP contribution in [0.2, 0.25) is 0 Å². The molecular formula is C8H14BN2O3. The van der Waals surface area contributed by atoms with Crippen LogP contribution in [-0.2, 0) is 14.3 Å². The molecule has 14 heavy (non-hydrogen) atoms. The van der Waals surface area contributed by atoms with Crippen molar-refractivity contribution >= 4 is 19.6 Å². The van der Waals surface area contributed by atoms with Crippen molar-refractivity contribution in [2.75, 3.05) is 33.8 Å². The number of likely N-dealkylation sites (N-methyl/N-ethyl adjacent to an activating group) is 1. The highest BCUT2D eigenvalue weighted by atomic mass is 16.5. The predicted molar refractivity (Wildman–Crippen MR) is 52.5 cm³/mol. The molecule has 0 aromatic carbocycles. The average Bonchev–Trinajstić information content (AvgIpc) is 2.20. The molecule has 1 radical (unpaired) electrons. The van der Waals surface area contributed by atoms with E-state index in [2.05, 4.69) is 4.74 Å². The second-order valence-corrected chi connectivity index (χ2v) is 3.30. The monoisotopic (exact) mass is 197 g/mol. The van der Waals surface area contributed by atoms with Crippen molar-refractivity contribution in [2.24, 2.45) is 0 Å². The quantitative estimate of drug-likeness (QED) is 0.316. The van der Waals surface area contributed by atoms with E-state index in [-0.39, 0.29) is 12.0 Å². The number of ether oxygens (including phenoxy) is 1. The third-order valence-electron chi connectivity index (χ3n) is 2.42. The van der Waals surface area contributed by atoms with Gasteiger partial charge in [-0.3, -0.25) is 9.69 Å². The molecule has 0 saturated carbocycles. The fraction of sp³-hybridized carbons (Fsp3) is 0.750. The van der Waals surface area contributed by atoms with E-state index in [9.17, 15) is 9.59 Å². The summed E-state index contributed by atoms with van der Waals surface area (Å²) in [5, 5.41) is 0. The molecule has 1 atom stereocenters. The van der Waals surface area contributed by atoms with E-state index in [4.69, 9.17) is 0 Å². The van der Waals surface area contributed by atoms with Crippen molar-refractivity contribution in [1.29, 1.82) is 0 Å². The molecule has 5 nitrogen and oxygen atoms in total. The smallest absolute Gasteiger partial charge is 0.324 e. The van der Waals surface area contributed by atoms with Crippen molar-refractivity contribution in [3.8, 4) is 0 Å². The topological polar surface area (TPSA) is 49.9 Å². The molecule has 0 spiro atoms. The van der Waals surface area contributed by atoms with Gasteiger partial charge in [0.15, 0.2) is 0 Å². The summed E-state index contributed by atoms with van der Waals surface area (Å²) in [5.41, 5.74) is 0. The molecule has 1 aliphatic rings. The van der Waals surface area contributed by atoms with E-state index in [0.717, 1.165) is 19.3 Å². The molecule has 1 fully saturated rings. The van der Waals surface area contributed by atoms with Crippen LogP contribution in [0.15, 0.2) is 0 Å². The van der Waals surface area contributed by atoms with Gasteiger partial charge >= 0.3 is 5.97 Å². The number of esters is 1. The molecule has 0 unspecified atom stereocenters. The summed E-state index contributed by atoms with van der Waals surface area (Å²) >= 11 is 0. The molecule has 0 aromatic rings. The van der Waals surface area contributed by atoms with Crippen molar-refractivity contribution in [3.05, 3.63) is 0 Å². The van der Waals surface area contributed by atoms with E-state index in [1.807, 2.05) is 16.8 Å². The Kier molecular flexibility index (Phi) is 4.09. The van der Waals surface area contributed by atoms with E-state index in [0.29, 0.717) is 6.54 Å². The Labute approximate surface area is 84.3 Å². The van der Waals surface area contributed by atoms with E-state index in [1.165, 1.54) is 14.5 Å². The predicted octanol–water partition coefficient (Wildman–Crippen LogP) is -1.42. The minimum atomic E-state index is -0.273. The zero-order valence-corrected chi connectivity index (χ0v) is 8.47. The first kappa shape index (κ1) is 11.2. The highest BCUT2D eigenvalue weighted by Gasteiger charge is 2.30. The lowest BCUT2D eigenvalue weighted by Gasteiger charge is -2.36. The van der Waals surface area contributed by atoms with Gasteiger partial charge in [-0.1, -0.05) is 0 Å². The van der Waals surface area contributed by atoms with Gasteiger partial charge in [-0.05, 0) is 7.05 Å². The van der Waals surface area contributed by atoms with Gasteiger partial charge < -0.3 is 14.3 Å². The van der Waals surface area contributed by atoms with Crippen LogP contribution in [0.3, 0.4) is 0 Å². The normalized spacial score (nSPS) is 24.3. The molecule has 1 rings (SSSR count). The Morgan fingerprint density at radius 2 is 2.29 bits per heavy atom. The number of nitrogens with zero attached hydrogens (tertiary/aromatic N) is 2. The summed E-state index contributed by atoms with van der Waals surface area (Å²) in [4.78, 5) is 25.4. The first-order valence-electron chi connectivity index (χ1n) is 4.49. The average molecular weight is 197 g/mol. The number of hydrogen-bond acceptors (Lipinski definition) is 5. The molecular weight excluding hydrogens is 183 g/mol. The molecule has 0 aliphatic carbocycles. The van der Waals surface area contributed by atoms with Crippen molar-refractivity contribution in [1.82, 2.24) is 9.71 Å². The van der Waals surface area contributed by atoms with Gasteiger partial charge in [0.2, 0.25) is 0 Å². The maximum Gasteiger partial charge on any atom is 0.324 e. The minimum absolute atomic E-state index is 0.253. The van der Waals surface area contributed by atoms with Gasteiger partial charge in [-0.15, -0.1) is 0 Å². The Hall–Kier alpha value is -0.875. The molecule has 6 heteroatoms. The molecule has 0 aromatic heterocycles. The standard InChI is InChI=1S/C8H14BN2O3/c1-10-3-4-11(9-6-12)5-7(10)8(13)14-2/h6-7H,3-5H2,1-2H3/t7-/m0/s1. The van der Waals surface area contributed by atoms with Gasteiger partial charge in [-0.2, -0.15) is 0 Å². The lowest BCUT2D eigenvalue weighted by molar-refractivity contribution is -0.147. The first-order chi connectivity index (χ1) is 6.69. The van der Waals surface area contributed by atoms with Crippen LogP contribution < -0.4 is 0 Å². The molecule has 1 aliphatic heterocycles. The van der Waals surface area contributed by atoms with Crippen LogP contribution in [-0.4, -0.2) is 69.1 Å². The van der Waals surface area contributed by atoms with Gasteiger partial charge in [0, 0.05) is 19.6 Å². The van der Waals surface area contributed by atoms with Gasteiger partial charge in [0.25, 0.3) is 7.41 Å². The first-order valence-corrected chi connectivity index (χ1v) is 4.49. The van der Waals surface area contributed by atoms with Crippen LogP contribution in [0.4, 0.5) is 0 Å². The second-order valence-electron chi connectivity index (χ2n) is 3.30. The Bertz CT molecular complexity index is 225. The zero-order valence-electron chi connectivity index (χ0n) is 8.47. The lowest BCUT2D eigenvalue weighted by atomic mass is 9.92. The fourth-order valence-electron chi connectivity index (χ4n) is 1.51. The molecule has 1 heterocycles. The maximum atomic E-state index is 11.3. The van der Waals surface area contributed by atoms with Crippen molar-refractivity contribution in [2.45, 2.75) is 6.04 Å². The number of hydrogen-bond donors (Lipinski definition) is 0. The second kappa shape index (κ2) is 5.12. The largest absolute Gasteiger partial charge is 0.468 e. The third kappa shape index (κ3) is 2.56. The van der Waals surface area contributed by atoms with Gasteiger partial charge in [0.1, 0.15) is 6.04 Å². The summed E-state index contributed by atoms with van der Waals surface area (Å²) in [6.45, 7) is 2.04. The van der Waals surface area contributed by atoms with Gasteiger partial charge in [-0.25, -0.2) is 0 Å². The minimum Gasteiger partial charge on any atom is -0.468 e. The van der Waals surface area contributed by atoms with Crippen LogP contribution in [0.25, 0.3) is 0 Å². The fourth-order valence-corrected chi connectivity index (χ4v) is 1.51. The Balaban J connectivity index is 2.54. The molecule has 0 N–H and O–H groups in total. The number of carbonyl (C=O) groups excluding carboxylic acids is 2. The van der Waals surface area contributed by atoms with Crippen LogP contribution >= 0.6 is 0 Å². The number of piperazine rings is 1. The van der Waals surface area contributed by atoms with Crippen LogP contribution in [0, 0.1) is 0 Å². The molecule has 77 valence electrons. The highest BCUT2D eigenvalue weighted by molar-refractivity contribution is 6.64. The van der Waals surface area contributed by atoms with Crippen molar-refractivity contribution < 1.29 is 14.3 Å². The van der Waals surface area contributed by atoms with Gasteiger partial charge in [0.05, 0.1) is 13.3 Å². The summed E-state index contributed by atoms with van der Waals surface area (Å²) < 4.78 is 4.68. The summed E-state index contributed by atoms with van der Waals surface area (Å²) in [7, 11) is 4.71. The summed E-state index contributed by atoms with van der Waals surface area (Å²) in [5.74, 6) is -0.253. The highest BCUT2D eigenvalue weighted by Crippen LogP contribution is 2.07. The Morgan fingerprint density at radius 3 is 2.86 bits per heavy atom. The van der Waals surface area contributed by atoms with E-state index in [1.54, 1.807) is 0 Å². The van der Waals surface area contributed by atoms with E-state index >= 15 is 0 Å². The number of methoxy groups -OCH3 is 1. The van der Waals surface area contributed by atoms with Crippen molar-refractivity contribution in [3.63, 3.8) is 0 Å². The molecule has 0 amide bonds. The third-order valence-corrected chi connectivity index (χ3v) is 2.42. The zero-order chi connectivity index (χ0) is 10.6. The van der Waals surface area contributed by atoms with Crippen LogP contribution in [0.1, 0.15) is 0 Å². The lowest BCUT2D eigenvalue weighted by Crippen LogP contribution is -2.56. The number of rotatable bonds is 3. The maximum absolute atomic E-state index is 11.3. The van der Waals surface area contributed by atoms with E-state index < -0.39 is 0 Å². The molecule has 0 bridgehead atoms.